The first kappa shape index (κ1) is 15.2. The Balaban J connectivity index is 2.00. The summed E-state index contributed by atoms with van der Waals surface area (Å²) in [5, 5.41) is 1.81. The van der Waals surface area contributed by atoms with Crippen molar-refractivity contribution in [2.45, 2.75) is 10.6 Å². The van der Waals surface area contributed by atoms with E-state index in [4.69, 9.17) is 0 Å². The van der Waals surface area contributed by atoms with Crippen LogP contribution in [0.15, 0.2) is 70.0 Å². The Morgan fingerprint density at radius 1 is 0.909 bits per heavy atom. The molecule has 0 aliphatic rings. The lowest BCUT2D eigenvalue weighted by molar-refractivity contribution is 0.595. The highest BCUT2D eigenvalue weighted by atomic mass is 79.9. The molecule has 2 nitrogen and oxygen atoms in total. The van der Waals surface area contributed by atoms with Gasteiger partial charge >= 0.3 is 0 Å². The molecule has 0 aliphatic carbocycles. The van der Waals surface area contributed by atoms with E-state index < -0.39 is 15.7 Å². The third kappa shape index (κ3) is 3.20. The normalized spacial score (nSPS) is 11.7. The molecule has 0 aromatic heterocycles. The summed E-state index contributed by atoms with van der Waals surface area (Å²) >= 11 is 3.39. The van der Waals surface area contributed by atoms with Gasteiger partial charge in [-0.05, 0) is 52.7 Å². The van der Waals surface area contributed by atoms with Gasteiger partial charge in [0.15, 0.2) is 9.84 Å². The Bertz CT molecular complexity index is 952. The number of hydrogen-bond donors (Lipinski definition) is 0. The van der Waals surface area contributed by atoms with E-state index in [0.29, 0.717) is 5.56 Å². The summed E-state index contributed by atoms with van der Waals surface area (Å²) in [7, 11) is -3.51. The van der Waals surface area contributed by atoms with Crippen molar-refractivity contribution in [2.24, 2.45) is 0 Å². The van der Waals surface area contributed by atoms with Crippen LogP contribution in [0.3, 0.4) is 0 Å². The molecule has 0 saturated heterocycles. The van der Waals surface area contributed by atoms with Crippen molar-refractivity contribution < 1.29 is 12.8 Å². The fourth-order valence-electron chi connectivity index (χ4n) is 2.32. The van der Waals surface area contributed by atoms with Gasteiger partial charge < -0.3 is 0 Å². The van der Waals surface area contributed by atoms with Crippen LogP contribution in [0.4, 0.5) is 4.39 Å². The molecule has 112 valence electrons. The third-order valence-corrected chi connectivity index (χ3v) is 5.56. The van der Waals surface area contributed by atoms with Gasteiger partial charge in [-0.15, -0.1) is 0 Å². The SMILES string of the molecule is O=S(=O)(Cc1cccc(F)c1)c1ccc2cc(Br)ccc2c1. The van der Waals surface area contributed by atoms with E-state index in [0.717, 1.165) is 15.2 Å². The third-order valence-electron chi connectivity index (χ3n) is 3.38. The van der Waals surface area contributed by atoms with Gasteiger partial charge in [0.05, 0.1) is 10.6 Å². The average molecular weight is 379 g/mol. The monoisotopic (exact) mass is 378 g/mol. The van der Waals surface area contributed by atoms with Gasteiger partial charge in [0.2, 0.25) is 0 Å². The number of rotatable bonds is 3. The number of sulfone groups is 1. The summed E-state index contributed by atoms with van der Waals surface area (Å²) in [6.07, 6.45) is 0. The van der Waals surface area contributed by atoms with E-state index in [9.17, 15) is 12.8 Å². The molecule has 0 fully saturated rings. The van der Waals surface area contributed by atoms with E-state index in [1.807, 2.05) is 18.2 Å². The zero-order valence-corrected chi connectivity index (χ0v) is 13.9. The zero-order chi connectivity index (χ0) is 15.7. The topological polar surface area (TPSA) is 34.1 Å². The van der Waals surface area contributed by atoms with Crippen molar-refractivity contribution >= 4 is 36.5 Å². The highest BCUT2D eigenvalue weighted by molar-refractivity contribution is 9.10. The second kappa shape index (κ2) is 5.82. The van der Waals surface area contributed by atoms with E-state index in [-0.39, 0.29) is 10.6 Å². The maximum atomic E-state index is 13.2. The van der Waals surface area contributed by atoms with Crippen molar-refractivity contribution in [1.82, 2.24) is 0 Å². The van der Waals surface area contributed by atoms with Crippen molar-refractivity contribution in [2.75, 3.05) is 0 Å². The van der Waals surface area contributed by atoms with Gasteiger partial charge in [-0.2, -0.15) is 0 Å². The van der Waals surface area contributed by atoms with Crippen LogP contribution in [0.5, 0.6) is 0 Å². The van der Waals surface area contributed by atoms with Gasteiger partial charge in [-0.25, -0.2) is 12.8 Å². The average Bonchev–Trinajstić information content (AvgIpc) is 2.46. The predicted molar refractivity (Wildman–Crippen MR) is 88.9 cm³/mol. The molecule has 5 heteroatoms. The first-order valence-electron chi connectivity index (χ1n) is 6.61. The summed E-state index contributed by atoms with van der Waals surface area (Å²) in [4.78, 5) is 0.242. The molecular formula is C17H12BrFO2S. The van der Waals surface area contributed by atoms with Crippen molar-refractivity contribution in [3.8, 4) is 0 Å². The molecule has 22 heavy (non-hydrogen) atoms. The van der Waals surface area contributed by atoms with E-state index in [1.165, 1.54) is 18.2 Å². The van der Waals surface area contributed by atoms with Crippen LogP contribution in [0.2, 0.25) is 0 Å². The van der Waals surface area contributed by atoms with Gasteiger partial charge in [-0.3, -0.25) is 0 Å². The largest absolute Gasteiger partial charge is 0.223 e. The molecular weight excluding hydrogens is 367 g/mol. The highest BCUT2D eigenvalue weighted by Crippen LogP contribution is 2.24. The maximum Gasteiger partial charge on any atom is 0.182 e. The summed E-state index contributed by atoms with van der Waals surface area (Å²) in [5.74, 6) is -0.650. The molecule has 0 N–H and O–H groups in total. The van der Waals surface area contributed by atoms with Gasteiger partial charge in [0, 0.05) is 4.47 Å². The lowest BCUT2D eigenvalue weighted by atomic mass is 10.1. The molecule has 0 spiro atoms. The maximum absolute atomic E-state index is 13.2. The molecule has 0 amide bonds. The van der Waals surface area contributed by atoms with Crippen molar-refractivity contribution in [1.29, 1.82) is 0 Å². The Labute approximate surface area is 136 Å². The Morgan fingerprint density at radius 3 is 2.41 bits per heavy atom. The second-order valence-electron chi connectivity index (χ2n) is 5.04. The summed E-state index contributed by atoms with van der Waals surface area (Å²) in [6.45, 7) is 0. The molecule has 0 saturated carbocycles. The molecule has 0 radical (unpaired) electrons. The minimum Gasteiger partial charge on any atom is -0.223 e. The quantitative estimate of drug-likeness (QED) is 0.660. The van der Waals surface area contributed by atoms with Crippen molar-refractivity contribution in [3.63, 3.8) is 0 Å². The molecule has 3 aromatic rings. The number of halogens is 2. The van der Waals surface area contributed by atoms with Crippen LogP contribution >= 0.6 is 15.9 Å². The minimum atomic E-state index is -3.51. The van der Waals surface area contributed by atoms with Crippen LogP contribution in [-0.4, -0.2) is 8.42 Å². The van der Waals surface area contributed by atoms with Gasteiger partial charge in [0.25, 0.3) is 0 Å². The fourth-order valence-corrected chi connectivity index (χ4v) is 4.06. The summed E-state index contributed by atoms with van der Waals surface area (Å²) in [6, 6.07) is 16.3. The molecule has 3 rings (SSSR count). The zero-order valence-electron chi connectivity index (χ0n) is 11.5. The Hall–Kier alpha value is -1.72. The predicted octanol–water partition coefficient (Wildman–Crippen LogP) is 4.72. The van der Waals surface area contributed by atoms with Gasteiger partial charge in [0.1, 0.15) is 5.82 Å². The summed E-state index contributed by atoms with van der Waals surface area (Å²) < 4.78 is 39.1. The van der Waals surface area contributed by atoms with Crippen LogP contribution in [0, 0.1) is 5.82 Å². The van der Waals surface area contributed by atoms with Crippen LogP contribution in [-0.2, 0) is 15.6 Å². The lowest BCUT2D eigenvalue weighted by Gasteiger charge is -2.07. The Kier molecular flexibility index (Phi) is 4.02. The van der Waals surface area contributed by atoms with Gasteiger partial charge in [-0.1, -0.05) is 40.2 Å². The van der Waals surface area contributed by atoms with Crippen LogP contribution in [0.25, 0.3) is 10.8 Å². The van der Waals surface area contributed by atoms with Crippen LogP contribution in [0.1, 0.15) is 5.56 Å². The van der Waals surface area contributed by atoms with E-state index in [2.05, 4.69) is 15.9 Å². The number of benzene rings is 3. The first-order chi connectivity index (χ1) is 10.4. The molecule has 0 unspecified atom stereocenters. The standard InChI is InChI=1S/C17H12BrFO2S/c18-15-6-4-14-10-17(7-5-13(14)9-15)22(20,21)11-12-2-1-3-16(19)8-12/h1-10H,11H2. The lowest BCUT2D eigenvalue weighted by Crippen LogP contribution is -2.05. The van der Waals surface area contributed by atoms with Crippen molar-refractivity contribution in [3.05, 3.63) is 76.5 Å². The molecule has 0 atom stereocenters. The fraction of sp³-hybridized carbons (Fsp3) is 0.0588. The number of fused-ring (bicyclic) bond motifs is 1. The number of hydrogen-bond acceptors (Lipinski definition) is 2. The molecule has 0 bridgehead atoms. The van der Waals surface area contributed by atoms with Crippen LogP contribution < -0.4 is 0 Å². The highest BCUT2D eigenvalue weighted by Gasteiger charge is 2.16. The molecule has 0 aliphatic heterocycles. The smallest absolute Gasteiger partial charge is 0.182 e. The van der Waals surface area contributed by atoms with E-state index in [1.54, 1.807) is 24.3 Å². The summed E-state index contributed by atoms with van der Waals surface area (Å²) in [5.41, 5.74) is 0.441. The second-order valence-corrected chi connectivity index (χ2v) is 7.95. The first-order valence-corrected chi connectivity index (χ1v) is 9.05. The molecule has 0 heterocycles. The van der Waals surface area contributed by atoms with E-state index >= 15 is 0 Å². The minimum absolute atomic E-state index is 0.215. The molecule has 3 aromatic carbocycles. The Morgan fingerprint density at radius 2 is 1.64 bits per heavy atom.